The Morgan fingerprint density at radius 2 is 1.86 bits per heavy atom. The number of hydrogen-bond donors (Lipinski definition) is 1. The molecule has 2 unspecified atom stereocenters. The molecule has 2 heteroatoms. The number of nitrogens with zero attached hydrogens (tertiary/aromatic N) is 1. The summed E-state index contributed by atoms with van der Waals surface area (Å²) in [6, 6.07) is 11.5. The molecule has 0 amide bonds. The summed E-state index contributed by atoms with van der Waals surface area (Å²) < 4.78 is 2.39. The van der Waals surface area contributed by atoms with Gasteiger partial charge in [0.1, 0.15) is 18.4 Å². The summed E-state index contributed by atoms with van der Waals surface area (Å²) in [5.74, 6) is 0.699. The predicted molar refractivity (Wildman–Crippen MR) is 92.7 cm³/mol. The van der Waals surface area contributed by atoms with Crippen molar-refractivity contribution >= 4 is 0 Å². The zero-order valence-electron chi connectivity index (χ0n) is 14.2. The highest BCUT2D eigenvalue weighted by atomic mass is 15.1. The third-order valence-electron chi connectivity index (χ3n) is 4.71. The number of aromatic amines is 1. The van der Waals surface area contributed by atoms with E-state index in [0.717, 1.165) is 0 Å². The van der Waals surface area contributed by atoms with Crippen molar-refractivity contribution in [1.29, 1.82) is 0 Å². The van der Waals surface area contributed by atoms with Crippen LogP contribution in [0.1, 0.15) is 64.0 Å². The second kappa shape index (κ2) is 9.45. The number of unbranched alkanes of at least 4 members (excludes halogenated alkanes) is 3. The summed E-state index contributed by atoms with van der Waals surface area (Å²) >= 11 is 0. The molecular formula is C20H31N2+. The number of imidazole rings is 1. The minimum atomic E-state index is 0.605. The van der Waals surface area contributed by atoms with Crippen molar-refractivity contribution in [2.24, 2.45) is 5.92 Å². The fourth-order valence-corrected chi connectivity index (χ4v) is 3.39. The fraction of sp³-hybridized carbons (Fsp3) is 0.550. The van der Waals surface area contributed by atoms with Gasteiger partial charge in [0.05, 0.1) is 0 Å². The summed E-state index contributed by atoms with van der Waals surface area (Å²) in [7, 11) is 0. The van der Waals surface area contributed by atoms with Gasteiger partial charge in [-0.05, 0) is 31.2 Å². The van der Waals surface area contributed by atoms with Crippen LogP contribution < -0.4 is 4.57 Å². The Kier molecular flexibility index (Phi) is 7.21. The maximum absolute atomic E-state index is 3.22. The van der Waals surface area contributed by atoms with Crippen LogP contribution in [0.2, 0.25) is 0 Å². The van der Waals surface area contributed by atoms with Crippen LogP contribution in [0.25, 0.3) is 0 Å². The minimum absolute atomic E-state index is 0.605. The highest BCUT2D eigenvalue weighted by Crippen LogP contribution is 2.26. The van der Waals surface area contributed by atoms with Gasteiger partial charge in [0.25, 0.3) is 0 Å². The minimum Gasteiger partial charge on any atom is -0.250 e. The molecule has 120 valence electrons. The molecular weight excluding hydrogens is 268 g/mol. The molecule has 1 heterocycles. The van der Waals surface area contributed by atoms with Crippen LogP contribution in [0, 0.1) is 5.92 Å². The van der Waals surface area contributed by atoms with E-state index in [1.165, 1.54) is 50.5 Å². The molecule has 2 nitrogen and oxygen atoms in total. The van der Waals surface area contributed by atoms with E-state index in [4.69, 9.17) is 0 Å². The smallest absolute Gasteiger partial charge is 0.241 e. The van der Waals surface area contributed by atoms with Gasteiger partial charge in [-0.3, -0.25) is 4.98 Å². The number of rotatable bonds is 10. The van der Waals surface area contributed by atoms with Crippen LogP contribution in [0.15, 0.2) is 49.1 Å². The lowest BCUT2D eigenvalue weighted by Crippen LogP contribution is -2.42. The van der Waals surface area contributed by atoms with E-state index < -0.39 is 0 Å². The van der Waals surface area contributed by atoms with Crippen molar-refractivity contribution in [2.45, 2.75) is 64.8 Å². The second-order valence-electron chi connectivity index (χ2n) is 6.33. The molecule has 0 radical (unpaired) electrons. The lowest BCUT2D eigenvalue weighted by molar-refractivity contribution is -0.730. The van der Waals surface area contributed by atoms with Crippen molar-refractivity contribution in [1.82, 2.24) is 4.98 Å². The monoisotopic (exact) mass is 299 g/mol. The first-order chi connectivity index (χ1) is 10.8. The average Bonchev–Trinajstić information content (AvgIpc) is 3.08. The fourth-order valence-electron chi connectivity index (χ4n) is 3.39. The normalized spacial score (nSPS) is 13.9. The van der Waals surface area contributed by atoms with Crippen LogP contribution in [-0.2, 0) is 6.42 Å². The molecule has 0 aliphatic heterocycles. The number of benzene rings is 1. The van der Waals surface area contributed by atoms with Crippen LogP contribution >= 0.6 is 0 Å². The Balaban J connectivity index is 2.04. The summed E-state index contributed by atoms with van der Waals surface area (Å²) in [6.45, 7) is 4.61. The van der Waals surface area contributed by atoms with Crippen molar-refractivity contribution in [3.05, 3.63) is 54.6 Å². The van der Waals surface area contributed by atoms with E-state index in [-0.39, 0.29) is 0 Å². The Bertz CT molecular complexity index is 490. The van der Waals surface area contributed by atoms with E-state index in [2.05, 4.69) is 66.3 Å². The van der Waals surface area contributed by atoms with Gasteiger partial charge < -0.3 is 0 Å². The highest BCUT2D eigenvalue weighted by molar-refractivity contribution is 5.15. The summed E-state index contributed by atoms with van der Waals surface area (Å²) in [4.78, 5) is 3.22. The molecule has 0 saturated heterocycles. The van der Waals surface area contributed by atoms with E-state index in [1.807, 2.05) is 6.20 Å². The van der Waals surface area contributed by atoms with E-state index in [1.54, 1.807) is 0 Å². The molecule has 0 saturated carbocycles. The lowest BCUT2D eigenvalue weighted by Gasteiger charge is -2.24. The van der Waals surface area contributed by atoms with Crippen LogP contribution in [-0.4, -0.2) is 4.98 Å². The highest BCUT2D eigenvalue weighted by Gasteiger charge is 2.25. The number of H-pyrrole nitrogens is 1. The Hall–Kier alpha value is -1.57. The SMILES string of the molecule is CCCCCCC(C(CC)Cc1ccccc1)[n+]1cc[nH]c1. The first kappa shape index (κ1) is 16.8. The Morgan fingerprint density at radius 1 is 1.05 bits per heavy atom. The number of hydrogen-bond acceptors (Lipinski definition) is 0. The average molecular weight is 299 g/mol. The van der Waals surface area contributed by atoms with Crippen LogP contribution in [0.4, 0.5) is 0 Å². The predicted octanol–water partition coefficient (Wildman–Crippen LogP) is 5.08. The van der Waals surface area contributed by atoms with E-state index in [9.17, 15) is 0 Å². The molecule has 0 spiro atoms. The zero-order valence-corrected chi connectivity index (χ0v) is 14.2. The van der Waals surface area contributed by atoms with E-state index in [0.29, 0.717) is 12.0 Å². The molecule has 2 atom stereocenters. The maximum atomic E-state index is 3.22. The van der Waals surface area contributed by atoms with Gasteiger partial charge in [-0.1, -0.05) is 63.4 Å². The standard InChI is InChI=1S/C20H30N2/c1-3-5-6-10-13-20(22-15-14-21-17-22)19(4-2)16-18-11-8-7-9-12-18/h7-9,11-12,14-15,17,19-20H,3-6,10,13,16H2,1-2H3/p+1. The van der Waals surface area contributed by atoms with Crippen molar-refractivity contribution in [2.75, 3.05) is 0 Å². The topological polar surface area (TPSA) is 19.7 Å². The molecule has 1 aromatic heterocycles. The Morgan fingerprint density at radius 3 is 2.50 bits per heavy atom. The zero-order chi connectivity index (χ0) is 15.6. The molecule has 0 bridgehead atoms. The Labute approximate surface area is 135 Å². The molecule has 22 heavy (non-hydrogen) atoms. The van der Waals surface area contributed by atoms with E-state index >= 15 is 0 Å². The quantitative estimate of drug-likeness (QED) is 0.466. The molecule has 2 aromatic rings. The van der Waals surface area contributed by atoms with Gasteiger partial charge in [-0.15, -0.1) is 0 Å². The summed E-state index contributed by atoms with van der Waals surface area (Å²) in [5, 5.41) is 0. The molecule has 0 fully saturated rings. The largest absolute Gasteiger partial charge is 0.250 e. The summed E-state index contributed by atoms with van der Waals surface area (Å²) in [6.07, 6.45) is 15.4. The van der Waals surface area contributed by atoms with Crippen molar-refractivity contribution in [3.63, 3.8) is 0 Å². The van der Waals surface area contributed by atoms with Gasteiger partial charge >= 0.3 is 0 Å². The summed E-state index contributed by atoms with van der Waals surface area (Å²) in [5.41, 5.74) is 1.46. The van der Waals surface area contributed by atoms with Crippen LogP contribution in [0.5, 0.6) is 0 Å². The first-order valence-corrected chi connectivity index (χ1v) is 8.92. The number of nitrogens with one attached hydrogen (secondary N) is 1. The third kappa shape index (κ3) is 5.01. The number of aromatic nitrogens is 2. The first-order valence-electron chi connectivity index (χ1n) is 8.92. The van der Waals surface area contributed by atoms with Gasteiger partial charge in [-0.2, -0.15) is 0 Å². The van der Waals surface area contributed by atoms with Crippen LogP contribution in [0.3, 0.4) is 0 Å². The molecule has 0 aliphatic carbocycles. The van der Waals surface area contributed by atoms with Gasteiger partial charge in [0.2, 0.25) is 6.33 Å². The molecule has 2 rings (SSSR count). The molecule has 0 aliphatic rings. The van der Waals surface area contributed by atoms with Crippen molar-refractivity contribution < 1.29 is 4.57 Å². The maximum Gasteiger partial charge on any atom is 0.241 e. The van der Waals surface area contributed by atoms with Gasteiger partial charge in [0, 0.05) is 5.92 Å². The third-order valence-corrected chi connectivity index (χ3v) is 4.71. The second-order valence-corrected chi connectivity index (χ2v) is 6.33. The molecule has 1 N–H and O–H groups in total. The molecule has 1 aromatic carbocycles. The van der Waals surface area contributed by atoms with Gasteiger partial charge in [0.15, 0.2) is 0 Å². The lowest BCUT2D eigenvalue weighted by atomic mass is 9.86. The van der Waals surface area contributed by atoms with Crippen molar-refractivity contribution in [3.8, 4) is 0 Å². The van der Waals surface area contributed by atoms with Gasteiger partial charge in [-0.25, -0.2) is 4.57 Å².